The Labute approximate surface area is 98.1 Å². The number of hydrogen-bond donors (Lipinski definition) is 1. The van der Waals surface area contributed by atoms with Gasteiger partial charge in [-0.2, -0.15) is 0 Å². The van der Waals surface area contributed by atoms with Crippen LogP contribution in [0.4, 0.5) is 0 Å². The predicted octanol–water partition coefficient (Wildman–Crippen LogP) is 2.47. The minimum atomic E-state index is -0.478. The van der Waals surface area contributed by atoms with E-state index >= 15 is 0 Å². The molecule has 3 heteroatoms. The van der Waals surface area contributed by atoms with E-state index in [1.165, 1.54) is 6.42 Å². The van der Waals surface area contributed by atoms with Crippen molar-refractivity contribution < 1.29 is 14.6 Å². The van der Waals surface area contributed by atoms with Crippen LogP contribution in [-0.2, 0) is 9.47 Å². The Morgan fingerprint density at radius 1 is 1.31 bits per heavy atom. The molecule has 0 spiro atoms. The molecule has 1 unspecified atom stereocenters. The van der Waals surface area contributed by atoms with E-state index in [0.717, 1.165) is 45.1 Å². The summed E-state index contributed by atoms with van der Waals surface area (Å²) >= 11 is 0. The predicted molar refractivity (Wildman–Crippen MR) is 62.1 cm³/mol. The van der Waals surface area contributed by atoms with Crippen molar-refractivity contribution in [3.8, 4) is 0 Å². The molecular weight excluding hydrogens is 204 g/mol. The van der Waals surface area contributed by atoms with Crippen LogP contribution in [0.3, 0.4) is 0 Å². The van der Waals surface area contributed by atoms with E-state index in [9.17, 15) is 5.11 Å². The van der Waals surface area contributed by atoms with Crippen LogP contribution in [0.5, 0.6) is 0 Å². The van der Waals surface area contributed by atoms with E-state index in [4.69, 9.17) is 9.47 Å². The first-order valence-electron chi connectivity index (χ1n) is 6.66. The van der Waals surface area contributed by atoms with Gasteiger partial charge in [0.1, 0.15) is 0 Å². The van der Waals surface area contributed by atoms with Crippen molar-refractivity contribution in [3.63, 3.8) is 0 Å². The van der Waals surface area contributed by atoms with E-state index in [2.05, 4.69) is 6.92 Å². The van der Waals surface area contributed by atoms with Gasteiger partial charge in [-0.15, -0.1) is 0 Å². The molecule has 0 aromatic carbocycles. The van der Waals surface area contributed by atoms with E-state index in [-0.39, 0.29) is 12.2 Å². The highest BCUT2D eigenvalue weighted by Crippen LogP contribution is 2.36. The van der Waals surface area contributed by atoms with Gasteiger partial charge in [0.2, 0.25) is 0 Å². The highest BCUT2D eigenvalue weighted by Gasteiger charge is 2.37. The molecule has 1 heterocycles. The maximum absolute atomic E-state index is 10.4. The van der Waals surface area contributed by atoms with Crippen molar-refractivity contribution in [2.24, 2.45) is 5.92 Å². The molecule has 1 N–H and O–H groups in total. The standard InChI is InChI=1S/C13H24O3/c1-11(13(14)7-3-4-8-13)10-16-12-6-2-5-9-15-12/h11-12,14H,2-10H2,1H3/t11-,12?/m1/s1. The van der Waals surface area contributed by atoms with Crippen LogP contribution >= 0.6 is 0 Å². The van der Waals surface area contributed by atoms with Gasteiger partial charge in [0.05, 0.1) is 12.2 Å². The Kier molecular flexibility index (Phi) is 4.22. The minimum absolute atomic E-state index is 0.0267. The Balaban J connectivity index is 1.72. The van der Waals surface area contributed by atoms with Crippen molar-refractivity contribution in [3.05, 3.63) is 0 Å². The molecule has 2 fully saturated rings. The molecule has 2 aliphatic rings. The average Bonchev–Trinajstić information content (AvgIpc) is 2.76. The maximum Gasteiger partial charge on any atom is 0.157 e. The zero-order valence-electron chi connectivity index (χ0n) is 10.3. The second kappa shape index (κ2) is 5.48. The summed E-state index contributed by atoms with van der Waals surface area (Å²) in [7, 11) is 0. The van der Waals surface area contributed by atoms with Crippen molar-refractivity contribution in [2.75, 3.05) is 13.2 Å². The lowest BCUT2D eigenvalue weighted by Gasteiger charge is -2.31. The van der Waals surface area contributed by atoms with Gasteiger partial charge >= 0.3 is 0 Å². The van der Waals surface area contributed by atoms with E-state index in [1.807, 2.05) is 0 Å². The summed E-state index contributed by atoms with van der Waals surface area (Å²) in [6.07, 6.45) is 7.50. The normalized spacial score (nSPS) is 31.5. The molecule has 2 atom stereocenters. The average molecular weight is 228 g/mol. The maximum atomic E-state index is 10.4. The molecular formula is C13H24O3. The molecule has 2 rings (SSSR count). The summed E-state index contributed by atoms with van der Waals surface area (Å²) in [5.74, 6) is 0.223. The van der Waals surface area contributed by atoms with Crippen molar-refractivity contribution in [2.45, 2.75) is 63.8 Å². The van der Waals surface area contributed by atoms with Crippen LogP contribution in [0.1, 0.15) is 51.9 Å². The highest BCUT2D eigenvalue weighted by atomic mass is 16.7. The molecule has 0 radical (unpaired) electrons. The van der Waals surface area contributed by atoms with Crippen LogP contribution in [0.2, 0.25) is 0 Å². The largest absolute Gasteiger partial charge is 0.390 e. The quantitative estimate of drug-likeness (QED) is 0.803. The Morgan fingerprint density at radius 2 is 2.06 bits per heavy atom. The second-order valence-electron chi connectivity index (χ2n) is 5.34. The Morgan fingerprint density at radius 3 is 2.69 bits per heavy atom. The monoisotopic (exact) mass is 228 g/mol. The molecule has 94 valence electrons. The summed E-state index contributed by atoms with van der Waals surface area (Å²) < 4.78 is 11.3. The van der Waals surface area contributed by atoms with Crippen molar-refractivity contribution >= 4 is 0 Å². The van der Waals surface area contributed by atoms with Crippen LogP contribution < -0.4 is 0 Å². The minimum Gasteiger partial charge on any atom is -0.390 e. The van der Waals surface area contributed by atoms with E-state index in [0.29, 0.717) is 6.61 Å². The second-order valence-corrected chi connectivity index (χ2v) is 5.34. The fourth-order valence-electron chi connectivity index (χ4n) is 2.73. The molecule has 0 aromatic rings. The third-order valence-corrected chi connectivity index (χ3v) is 4.06. The first-order chi connectivity index (χ1) is 7.71. The lowest BCUT2D eigenvalue weighted by atomic mass is 9.88. The first kappa shape index (κ1) is 12.3. The van der Waals surface area contributed by atoms with Crippen molar-refractivity contribution in [1.29, 1.82) is 0 Å². The lowest BCUT2D eigenvalue weighted by Crippen LogP contribution is -2.37. The van der Waals surface area contributed by atoms with Gasteiger partial charge in [0.25, 0.3) is 0 Å². The fourth-order valence-corrected chi connectivity index (χ4v) is 2.73. The summed E-state index contributed by atoms with van der Waals surface area (Å²) in [4.78, 5) is 0. The molecule has 1 saturated carbocycles. The zero-order valence-corrected chi connectivity index (χ0v) is 10.3. The highest BCUT2D eigenvalue weighted by molar-refractivity contribution is 4.88. The molecule has 3 nitrogen and oxygen atoms in total. The summed E-state index contributed by atoms with van der Waals surface area (Å²) in [5, 5.41) is 10.4. The summed E-state index contributed by atoms with van der Waals surface area (Å²) in [6, 6.07) is 0. The molecule has 1 aliphatic heterocycles. The van der Waals surface area contributed by atoms with Crippen LogP contribution in [0.15, 0.2) is 0 Å². The zero-order chi connectivity index (χ0) is 11.4. The van der Waals surface area contributed by atoms with E-state index in [1.54, 1.807) is 0 Å². The Bertz CT molecular complexity index is 205. The topological polar surface area (TPSA) is 38.7 Å². The van der Waals surface area contributed by atoms with Gasteiger partial charge in [0.15, 0.2) is 6.29 Å². The molecule has 0 aromatic heterocycles. The molecule has 1 aliphatic carbocycles. The fraction of sp³-hybridized carbons (Fsp3) is 1.00. The third kappa shape index (κ3) is 2.96. The molecule has 0 bridgehead atoms. The molecule has 0 amide bonds. The van der Waals surface area contributed by atoms with Gasteiger partial charge in [-0.3, -0.25) is 0 Å². The summed E-state index contributed by atoms with van der Waals surface area (Å²) in [5.41, 5.74) is -0.478. The Hall–Kier alpha value is -0.120. The van der Waals surface area contributed by atoms with Gasteiger partial charge in [-0.1, -0.05) is 19.8 Å². The molecule has 1 saturated heterocycles. The lowest BCUT2D eigenvalue weighted by molar-refractivity contribution is -0.179. The first-order valence-corrected chi connectivity index (χ1v) is 6.66. The van der Waals surface area contributed by atoms with Gasteiger partial charge in [0, 0.05) is 12.5 Å². The number of aliphatic hydroxyl groups is 1. The number of rotatable bonds is 4. The van der Waals surface area contributed by atoms with Gasteiger partial charge in [-0.25, -0.2) is 0 Å². The van der Waals surface area contributed by atoms with Crippen LogP contribution in [0, 0.1) is 5.92 Å². The summed E-state index contributed by atoms with van der Waals surface area (Å²) in [6.45, 7) is 3.54. The SMILES string of the molecule is C[C@H](COC1CCCCO1)C1(O)CCCC1. The van der Waals surface area contributed by atoms with Crippen LogP contribution in [-0.4, -0.2) is 30.2 Å². The number of hydrogen-bond acceptors (Lipinski definition) is 3. The molecule has 16 heavy (non-hydrogen) atoms. The van der Waals surface area contributed by atoms with Gasteiger partial charge in [-0.05, 0) is 32.1 Å². The smallest absolute Gasteiger partial charge is 0.157 e. The van der Waals surface area contributed by atoms with Crippen LogP contribution in [0.25, 0.3) is 0 Å². The third-order valence-electron chi connectivity index (χ3n) is 4.06. The van der Waals surface area contributed by atoms with Gasteiger partial charge < -0.3 is 14.6 Å². The number of ether oxygens (including phenoxy) is 2. The van der Waals surface area contributed by atoms with Crippen molar-refractivity contribution in [1.82, 2.24) is 0 Å². The van der Waals surface area contributed by atoms with E-state index < -0.39 is 5.60 Å².